The largest absolute Gasteiger partial charge is 0.480 e. The van der Waals surface area contributed by atoms with Crippen molar-refractivity contribution in [2.45, 2.75) is 57.0 Å². The number of ether oxygens (including phenoxy) is 1. The molecule has 0 radical (unpaired) electrons. The van der Waals surface area contributed by atoms with Gasteiger partial charge in [-0.05, 0) is 85.4 Å². The average molecular weight is 774 g/mol. The molecule has 0 aliphatic carbocycles. The number of aromatic amines is 1. The number of H-pyrrole nitrogens is 1. The van der Waals surface area contributed by atoms with Gasteiger partial charge in [-0.2, -0.15) is 10.2 Å². The first-order valence-electron chi connectivity index (χ1n) is 20.3. The monoisotopic (exact) mass is 773 g/mol. The first-order chi connectivity index (χ1) is 27.8. The molecule has 296 valence electrons. The molecular formula is C43H48FN9O4. The topological polar surface area (TPSA) is 141 Å². The highest BCUT2D eigenvalue weighted by molar-refractivity contribution is 6.06. The van der Waals surface area contributed by atoms with Gasteiger partial charge in [-0.15, -0.1) is 0 Å². The van der Waals surface area contributed by atoms with Crippen LogP contribution >= 0.6 is 0 Å². The van der Waals surface area contributed by atoms with E-state index in [4.69, 9.17) is 9.72 Å². The van der Waals surface area contributed by atoms with Crippen molar-refractivity contribution in [3.63, 3.8) is 0 Å². The number of nitrogens with one attached hydrogen (secondary N) is 2. The van der Waals surface area contributed by atoms with Gasteiger partial charge in [0.2, 0.25) is 17.7 Å². The number of benzene rings is 2. The highest BCUT2D eigenvalue weighted by atomic mass is 19.1. The van der Waals surface area contributed by atoms with E-state index in [1.165, 1.54) is 29.3 Å². The van der Waals surface area contributed by atoms with E-state index in [9.17, 15) is 24.0 Å². The van der Waals surface area contributed by atoms with Crippen LogP contribution < -0.4 is 24.8 Å². The number of methoxy groups -OCH3 is 1. The number of amides is 3. The predicted octanol–water partition coefficient (Wildman–Crippen LogP) is 4.77. The molecule has 2 N–H and O–H groups in total. The quantitative estimate of drug-likeness (QED) is 0.241. The molecule has 57 heavy (non-hydrogen) atoms. The maximum Gasteiger partial charge on any atom is 0.260 e. The Hall–Kier alpha value is -5.68. The Bertz CT molecular complexity index is 2230. The first kappa shape index (κ1) is 36.9. The fourth-order valence-electron chi connectivity index (χ4n) is 9.70. The number of imide groups is 1. The summed E-state index contributed by atoms with van der Waals surface area (Å²) in [7, 11) is 1.52. The van der Waals surface area contributed by atoms with E-state index < -0.39 is 11.9 Å². The molecule has 4 aromatic rings. The minimum absolute atomic E-state index is 0.213. The molecule has 3 amide bonds. The predicted molar refractivity (Wildman–Crippen MR) is 214 cm³/mol. The molecule has 1 atom stereocenters. The number of hydrogen-bond acceptors (Lipinski definition) is 10. The normalized spacial score (nSPS) is 21.3. The number of anilines is 3. The molecule has 13 nitrogen and oxygen atoms in total. The van der Waals surface area contributed by atoms with E-state index in [1.54, 1.807) is 6.20 Å². The van der Waals surface area contributed by atoms with Crippen LogP contribution in [-0.4, -0.2) is 110 Å². The van der Waals surface area contributed by atoms with Gasteiger partial charge in [-0.3, -0.25) is 24.6 Å². The molecule has 0 spiro atoms. The number of carbonyl (C=O) groups is 3. The van der Waals surface area contributed by atoms with E-state index in [-0.39, 0.29) is 29.9 Å². The lowest BCUT2D eigenvalue weighted by Gasteiger charge is -2.40. The van der Waals surface area contributed by atoms with Gasteiger partial charge in [-0.25, -0.2) is 4.39 Å². The fraction of sp³-hybridized carbons (Fsp3) is 0.465. The van der Waals surface area contributed by atoms with E-state index >= 15 is 0 Å². The van der Waals surface area contributed by atoms with Crippen LogP contribution in [-0.2, 0) is 16.1 Å². The molecular weight excluding hydrogens is 726 g/mol. The second-order valence-electron chi connectivity index (χ2n) is 16.1. The molecule has 14 heteroatoms. The van der Waals surface area contributed by atoms with Gasteiger partial charge in [0.05, 0.1) is 29.3 Å². The molecule has 9 rings (SSSR count). The van der Waals surface area contributed by atoms with Crippen molar-refractivity contribution in [1.29, 1.82) is 5.26 Å². The van der Waals surface area contributed by atoms with Gasteiger partial charge < -0.3 is 29.3 Å². The molecule has 4 fully saturated rings. The summed E-state index contributed by atoms with van der Waals surface area (Å²) < 4.78 is 20.1. The van der Waals surface area contributed by atoms with E-state index in [0.717, 1.165) is 102 Å². The van der Waals surface area contributed by atoms with Gasteiger partial charge in [0.1, 0.15) is 29.3 Å². The number of nitriles is 1. The van der Waals surface area contributed by atoms with E-state index in [1.807, 2.05) is 12.1 Å². The molecule has 1 unspecified atom stereocenters. The van der Waals surface area contributed by atoms with Crippen LogP contribution in [0.5, 0.6) is 5.88 Å². The summed E-state index contributed by atoms with van der Waals surface area (Å²) in [5.41, 5.74) is 5.88. The molecule has 2 aromatic carbocycles. The molecule has 7 heterocycles. The zero-order chi connectivity index (χ0) is 39.2. The second kappa shape index (κ2) is 15.3. The molecule has 0 saturated carbocycles. The highest BCUT2D eigenvalue weighted by Crippen LogP contribution is 2.38. The minimum Gasteiger partial charge on any atom is -0.480 e. The van der Waals surface area contributed by atoms with Crippen molar-refractivity contribution in [2.75, 3.05) is 80.7 Å². The number of halogens is 1. The number of pyridine rings is 1. The van der Waals surface area contributed by atoms with E-state index in [2.05, 4.69) is 60.2 Å². The minimum atomic E-state index is -0.678. The summed E-state index contributed by atoms with van der Waals surface area (Å²) in [6.45, 7) is 8.77. The second-order valence-corrected chi connectivity index (χ2v) is 16.1. The Kier molecular flexibility index (Phi) is 9.94. The Balaban J connectivity index is 0.740. The SMILES string of the molecule is COc1nc(N2CCN(CC3CCN(c4ccc(C5CCN(c6ccc(F)c7c(C#N)c[nH]c67)CC5)cc4)CC3)CC2)cc2c1C(=O)N(C1CCC(=O)NC1=O)C2. The van der Waals surface area contributed by atoms with Crippen molar-refractivity contribution in [3.05, 3.63) is 76.7 Å². The van der Waals surface area contributed by atoms with Crippen LogP contribution in [0.15, 0.2) is 48.7 Å². The van der Waals surface area contributed by atoms with Crippen LogP contribution in [0.3, 0.4) is 0 Å². The molecule has 5 aliphatic rings. The number of carbonyl (C=O) groups excluding carboxylic acids is 3. The van der Waals surface area contributed by atoms with Gasteiger partial charge in [0.15, 0.2) is 0 Å². The van der Waals surface area contributed by atoms with Gasteiger partial charge in [-0.1, -0.05) is 12.1 Å². The molecule has 0 bridgehead atoms. The van der Waals surface area contributed by atoms with Crippen LogP contribution in [0, 0.1) is 23.1 Å². The van der Waals surface area contributed by atoms with Crippen LogP contribution in [0.4, 0.5) is 21.6 Å². The summed E-state index contributed by atoms with van der Waals surface area (Å²) in [5.74, 6) is 0.825. The maximum atomic E-state index is 14.5. The maximum absolute atomic E-state index is 14.5. The van der Waals surface area contributed by atoms with Crippen LogP contribution in [0.25, 0.3) is 10.9 Å². The van der Waals surface area contributed by atoms with E-state index in [0.29, 0.717) is 46.8 Å². The lowest BCUT2D eigenvalue weighted by Crippen LogP contribution is -2.52. The van der Waals surface area contributed by atoms with Gasteiger partial charge in [0, 0.05) is 83.8 Å². The number of aromatic nitrogens is 2. The van der Waals surface area contributed by atoms with Gasteiger partial charge in [0.25, 0.3) is 5.91 Å². The highest BCUT2D eigenvalue weighted by Gasteiger charge is 2.41. The number of piperidine rings is 3. The van der Waals surface area contributed by atoms with Crippen molar-refractivity contribution < 1.29 is 23.5 Å². The van der Waals surface area contributed by atoms with Crippen molar-refractivity contribution in [1.82, 2.24) is 25.1 Å². The zero-order valence-corrected chi connectivity index (χ0v) is 32.3. The van der Waals surface area contributed by atoms with Gasteiger partial charge >= 0.3 is 0 Å². The summed E-state index contributed by atoms with van der Waals surface area (Å²) in [6.07, 6.45) is 6.49. The Labute approximate surface area is 331 Å². The smallest absolute Gasteiger partial charge is 0.260 e. The number of piperazine rings is 1. The van der Waals surface area contributed by atoms with Crippen molar-refractivity contribution in [3.8, 4) is 11.9 Å². The number of nitrogens with zero attached hydrogens (tertiary/aromatic N) is 7. The third kappa shape index (κ3) is 7.03. The standard InChI is InChI=1S/C43H48FN9O4/c1-57-42-39-30(26-53(43(39)56)35-8-9-37(54)48-41(35)55)22-36(47-42)52-20-18-49(19-21-52)25-27-10-14-50(15-11-27)32-4-2-28(3-5-32)29-12-16-51(17-13-29)34-7-6-33(44)38-31(23-45)24-46-40(34)38/h2-7,22,24,27,29,35,46H,8-21,25-26H2,1H3,(H,48,54,55). The zero-order valence-electron chi connectivity index (χ0n) is 32.3. The average Bonchev–Trinajstić information content (AvgIpc) is 3.83. The summed E-state index contributed by atoms with van der Waals surface area (Å²) in [4.78, 5) is 56.7. The third-order valence-corrected chi connectivity index (χ3v) is 12.9. The Morgan fingerprint density at radius 2 is 1.63 bits per heavy atom. The summed E-state index contributed by atoms with van der Waals surface area (Å²) in [6, 6.07) is 15.9. The van der Waals surface area contributed by atoms with Crippen molar-refractivity contribution >= 4 is 45.8 Å². The lowest BCUT2D eigenvalue weighted by molar-refractivity contribution is -0.136. The van der Waals surface area contributed by atoms with Crippen LogP contribution in [0.1, 0.15) is 71.5 Å². The summed E-state index contributed by atoms with van der Waals surface area (Å²) in [5, 5.41) is 12.2. The van der Waals surface area contributed by atoms with Crippen molar-refractivity contribution in [2.24, 2.45) is 5.92 Å². The summed E-state index contributed by atoms with van der Waals surface area (Å²) >= 11 is 0. The molecule has 2 aromatic heterocycles. The number of fused-ring (bicyclic) bond motifs is 2. The molecule has 4 saturated heterocycles. The Morgan fingerprint density at radius 3 is 2.33 bits per heavy atom. The van der Waals surface area contributed by atoms with Crippen LogP contribution in [0.2, 0.25) is 0 Å². The molecule has 5 aliphatic heterocycles. The Morgan fingerprint density at radius 1 is 0.895 bits per heavy atom. The lowest BCUT2D eigenvalue weighted by atomic mass is 9.89. The number of rotatable bonds is 8. The first-order valence-corrected chi connectivity index (χ1v) is 20.3. The fourth-order valence-corrected chi connectivity index (χ4v) is 9.70. The third-order valence-electron chi connectivity index (χ3n) is 12.9. The number of hydrogen-bond donors (Lipinski definition) is 2.